The molecule has 2 aromatic carbocycles. The Balaban J connectivity index is 1.68. The van der Waals surface area contributed by atoms with Crippen LogP contribution in [0.25, 0.3) is 0 Å². The van der Waals surface area contributed by atoms with Crippen LogP contribution in [-0.4, -0.2) is 43.5 Å². The average Bonchev–Trinajstić information content (AvgIpc) is 3.19. The summed E-state index contributed by atoms with van der Waals surface area (Å²) in [5.74, 6) is -0.576. The van der Waals surface area contributed by atoms with Gasteiger partial charge in [0.1, 0.15) is 35.7 Å². The van der Waals surface area contributed by atoms with E-state index in [1.165, 1.54) is 21.1 Å². The van der Waals surface area contributed by atoms with E-state index in [0.29, 0.717) is 22.8 Å². The molecule has 8 heteroatoms. The molecule has 0 amide bonds. The van der Waals surface area contributed by atoms with Gasteiger partial charge in [0.2, 0.25) is 0 Å². The van der Waals surface area contributed by atoms with Crippen molar-refractivity contribution in [3.8, 4) is 17.2 Å². The first-order valence-electron chi connectivity index (χ1n) is 10.2. The van der Waals surface area contributed by atoms with Gasteiger partial charge >= 0.3 is 11.9 Å². The number of esters is 2. The molecule has 4 rings (SSSR count). The Kier molecular flexibility index (Phi) is 5.94. The van der Waals surface area contributed by atoms with E-state index in [1.807, 2.05) is 30.3 Å². The van der Waals surface area contributed by atoms with Gasteiger partial charge in [-0.25, -0.2) is 4.79 Å². The lowest BCUT2D eigenvalue weighted by Crippen LogP contribution is -2.40. The van der Waals surface area contributed by atoms with E-state index >= 15 is 0 Å². The van der Waals surface area contributed by atoms with Gasteiger partial charge in [0.05, 0.1) is 25.7 Å². The monoisotopic (exact) mass is 440 g/mol. The van der Waals surface area contributed by atoms with Crippen molar-refractivity contribution < 1.29 is 38.4 Å². The summed E-state index contributed by atoms with van der Waals surface area (Å²) < 4.78 is 27.7. The third-order valence-electron chi connectivity index (χ3n) is 5.61. The molecule has 8 nitrogen and oxygen atoms in total. The van der Waals surface area contributed by atoms with Crippen LogP contribution in [0.1, 0.15) is 30.4 Å². The number of benzene rings is 2. The molecule has 0 fully saturated rings. The Morgan fingerprint density at radius 3 is 2.53 bits per heavy atom. The van der Waals surface area contributed by atoms with Gasteiger partial charge < -0.3 is 28.8 Å². The fraction of sp³-hybridized carbons (Fsp3) is 0.333. The number of rotatable bonds is 6. The summed E-state index contributed by atoms with van der Waals surface area (Å²) in [5, 5.41) is 11.0. The molecule has 0 radical (unpaired) electrons. The summed E-state index contributed by atoms with van der Waals surface area (Å²) in [5.41, 5.74) is 1.48. The molecule has 2 aromatic rings. The standard InChI is InChI=1S/C24H24O8/c1-13(25)31-19-11-16(24(27)30-12-14-7-5-4-6-8-14)22(26)23-21(19)20-17(29-3)9-15(28-2)10-18(20)32-23/h4-10,19,21,23,26H,11-12H2,1-3H3/t19-,21-,23+/m0/s1. The molecule has 0 saturated heterocycles. The van der Waals surface area contributed by atoms with Gasteiger partial charge in [0.25, 0.3) is 0 Å². The molecule has 32 heavy (non-hydrogen) atoms. The summed E-state index contributed by atoms with van der Waals surface area (Å²) in [6.45, 7) is 1.34. The second-order valence-electron chi connectivity index (χ2n) is 7.58. The van der Waals surface area contributed by atoms with Crippen LogP contribution in [0.2, 0.25) is 0 Å². The largest absolute Gasteiger partial charge is 0.508 e. The van der Waals surface area contributed by atoms with E-state index < -0.39 is 30.1 Å². The van der Waals surface area contributed by atoms with Crippen LogP contribution in [0.4, 0.5) is 0 Å². The topological polar surface area (TPSA) is 101 Å². The van der Waals surface area contributed by atoms with Crippen LogP contribution < -0.4 is 14.2 Å². The molecule has 1 N–H and O–H groups in total. The van der Waals surface area contributed by atoms with Crippen LogP contribution in [0.3, 0.4) is 0 Å². The maximum absolute atomic E-state index is 12.8. The summed E-state index contributed by atoms with van der Waals surface area (Å²) in [7, 11) is 3.02. The smallest absolute Gasteiger partial charge is 0.338 e. The Morgan fingerprint density at radius 1 is 1.12 bits per heavy atom. The third-order valence-corrected chi connectivity index (χ3v) is 5.61. The summed E-state index contributed by atoms with van der Waals surface area (Å²) in [4.78, 5) is 24.6. The molecule has 2 aliphatic rings. The summed E-state index contributed by atoms with van der Waals surface area (Å²) in [6.07, 6.45) is -1.70. The van der Waals surface area contributed by atoms with Crippen molar-refractivity contribution in [2.24, 2.45) is 0 Å². The molecule has 1 aliphatic carbocycles. The van der Waals surface area contributed by atoms with Crippen LogP contribution >= 0.6 is 0 Å². The van der Waals surface area contributed by atoms with Gasteiger partial charge in [0, 0.05) is 31.0 Å². The maximum Gasteiger partial charge on any atom is 0.338 e. The van der Waals surface area contributed by atoms with Crippen LogP contribution in [-0.2, 0) is 25.7 Å². The number of carbonyl (C=O) groups excluding carboxylic acids is 2. The van der Waals surface area contributed by atoms with E-state index in [4.69, 9.17) is 23.7 Å². The highest BCUT2D eigenvalue weighted by Gasteiger charge is 2.51. The van der Waals surface area contributed by atoms with Crippen molar-refractivity contribution in [2.45, 2.75) is 38.1 Å². The molecule has 168 valence electrons. The first-order valence-corrected chi connectivity index (χ1v) is 10.2. The zero-order valence-electron chi connectivity index (χ0n) is 18.0. The zero-order chi connectivity index (χ0) is 22.8. The number of fused-ring (bicyclic) bond motifs is 3. The predicted molar refractivity (Wildman–Crippen MR) is 113 cm³/mol. The van der Waals surface area contributed by atoms with E-state index in [0.717, 1.165) is 5.56 Å². The van der Waals surface area contributed by atoms with Crippen LogP contribution in [0, 0.1) is 0 Å². The van der Waals surface area contributed by atoms with Gasteiger partial charge in [0.15, 0.2) is 6.10 Å². The molecule has 0 saturated carbocycles. The summed E-state index contributed by atoms with van der Waals surface area (Å²) in [6, 6.07) is 12.6. The Labute approximate surface area is 185 Å². The van der Waals surface area contributed by atoms with Crippen molar-refractivity contribution in [1.29, 1.82) is 0 Å². The molecular formula is C24H24O8. The molecule has 1 heterocycles. The highest BCUT2D eigenvalue weighted by atomic mass is 16.6. The van der Waals surface area contributed by atoms with Crippen LogP contribution in [0.15, 0.2) is 53.8 Å². The minimum absolute atomic E-state index is 0.0157. The molecule has 0 spiro atoms. The second kappa shape index (κ2) is 8.82. The number of hydrogen-bond donors (Lipinski definition) is 1. The Bertz CT molecular complexity index is 1060. The number of methoxy groups -OCH3 is 2. The normalized spacial score (nSPS) is 21.2. The second-order valence-corrected chi connectivity index (χ2v) is 7.58. The lowest BCUT2D eigenvalue weighted by Gasteiger charge is -2.33. The quantitative estimate of drug-likeness (QED) is 0.682. The number of aliphatic hydroxyl groups is 1. The molecule has 1 aliphatic heterocycles. The average molecular weight is 440 g/mol. The molecular weight excluding hydrogens is 416 g/mol. The van der Waals surface area contributed by atoms with Gasteiger partial charge in [-0.1, -0.05) is 30.3 Å². The minimum atomic E-state index is -0.927. The van der Waals surface area contributed by atoms with Gasteiger partial charge in [-0.15, -0.1) is 0 Å². The van der Waals surface area contributed by atoms with Crippen molar-refractivity contribution in [2.75, 3.05) is 14.2 Å². The number of ether oxygens (including phenoxy) is 5. The van der Waals surface area contributed by atoms with Crippen LogP contribution in [0.5, 0.6) is 17.2 Å². The maximum atomic E-state index is 12.8. The Morgan fingerprint density at radius 2 is 1.88 bits per heavy atom. The number of hydrogen-bond acceptors (Lipinski definition) is 8. The third kappa shape index (κ3) is 3.95. The zero-order valence-corrected chi connectivity index (χ0v) is 18.0. The number of aliphatic hydroxyl groups excluding tert-OH is 1. The van der Waals surface area contributed by atoms with E-state index in [9.17, 15) is 14.7 Å². The fourth-order valence-corrected chi connectivity index (χ4v) is 4.19. The van der Waals surface area contributed by atoms with E-state index in [2.05, 4.69) is 0 Å². The predicted octanol–water partition coefficient (Wildman–Crippen LogP) is 3.44. The van der Waals surface area contributed by atoms with Crippen molar-refractivity contribution in [3.63, 3.8) is 0 Å². The first kappa shape index (κ1) is 21.5. The van der Waals surface area contributed by atoms with Crippen molar-refractivity contribution >= 4 is 11.9 Å². The lowest BCUT2D eigenvalue weighted by molar-refractivity contribution is -0.151. The highest BCUT2D eigenvalue weighted by molar-refractivity contribution is 5.90. The van der Waals surface area contributed by atoms with E-state index in [1.54, 1.807) is 12.1 Å². The van der Waals surface area contributed by atoms with E-state index in [-0.39, 0.29) is 24.4 Å². The summed E-state index contributed by atoms with van der Waals surface area (Å²) >= 11 is 0. The molecule has 0 aromatic heterocycles. The molecule has 0 unspecified atom stereocenters. The highest BCUT2D eigenvalue weighted by Crippen LogP contribution is 2.53. The van der Waals surface area contributed by atoms with Gasteiger partial charge in [-0.2, -0.15) is 0 Å². The van der Waals surface area contributed by atoms with Gasteiger partial charge in [-0.3, -0.25) is 4.79 Å². The molecule has 3 atom stereocenters. The SMILES string of the molecule is COc1cc(OC)c2c(c1)O[C@H]1C(O)=C(C(=O)OCc3ccccc3)C[C@H](OC(C)=O)[C@@H]21. The number of carbonyl (C=O) groups is 2. The lowest BCUT2D eigenvalue weighted by atomic mass is 9.79. The fourth-order valence-electron chi connectivity index (χ4n) is 4.19. The molecule has 0 bridgehead atoms. The van der Waals surface area contributed by atoms with Crippen molar-refractivity contribution in [1.82, 2.24) is 0 Å². The Hall–Kier alpha value is -3.68. The van der Waals surface area contributed by atoms with Crippen molar-refractivity contribution in [3.05, 3.63) is 64.9 Å². The minimum Gasteiger partial charge on any atom is -0.508 e. The van der Waals surface area contributed by atoms with Gasteiger partial charge in [-0.05, 0) is 5.56 Å². The first-order chi connectivity index (χ1) is 15.4.